The van der Waals surface area contributed by atoms with Crippen LogP contribution in [-0.4, -0.2) is 31.0 Å². The average Bonchev–Trinajstić information content (AvgIpc) is 2.55. The number of phenols is 2. The number of nitrogens with one attached hydrogen (secondary N) is 1. The number of hydrogen-bond acceptors (Lipinski definition) is 5. The van der Waals surface area contributed by atoms with Gasteiger partial charge in [-0.1, -0.05) is 0 Å². The highest BCUT2D eigenvalue weighted by Gasteiger charge is 2.25. The van der Waals surface area contributed by atoms with Crippen molar-refractivity contribution in [2.45, 2.75) is 12.5 Å². The van der Waals surface area contributed by atoms with Gasteiger partial charge in [0, 0.05) is 18.2 Å². The molecule has 2 aromatic carbocycles. The Hall–Kier alpha value is -2.40. The lowest BCUT2D eigenvalue weighted by Crippen LogP contribution is -2.30. The molecule has 0 fully saturated rings. The minimum absolute atomic E-state index is 0.0823. The first-order valence-corrected chi connectivity index (χ1v) is 7.14. The van der Waals surface area contributed by atoms with Crippen molar-refractivity contribution in [3.05, 3.63) is 47.0 Å². The highest BCUT2D eigenvalue weighted by molar-refractivity contribution is 5.53. The van der Waals surface area contributed by atoms with E-state index in [0.29, 0.717) is 0 Å². The fourth-order valence-corrected chi connectivity index (χ4v) is 2.92. The number of phenolic OH excluding ortho intramolecular Hbond substituents is 2. The molecule has 0 spiro atoms. The Labute approximate surface area is 129 Å². The lowest BCUT2D eigenvalue weighted by Gasteiger charge is -2.29. The van der Waals surface area contributed by atoms with Crippen LogP contribution in [0.4, 0.5) is 0 Å². The van der Waals surface area contributed by atoms with Gasteiger partial charge in [0.25, 0.3) is 0 Å². The van der Waals surface area contributed by atoms with Gasteiger partial charge < -0.3 is 25.0 Å². The van der Waals surface area contributed by atoms with Gasteiger partial charge in [-0.25, -0.2) is 0 Å². The van der Waals surface area contributed by atoms with Crippen LogP contribution in [0.1, 0.15) is 22.7 Å². The highest BCUT2D eigenvalue weighted by atomic mass is 16.5. The molecule has 0 saturated heterocycles. The lowest BCUT2D eigenvalue weighted by atomic mass is 9.89. The lowest BCUT2D eigenvalue weighted by molar-refractivity contribution is 0.385. The first kappa shape index (κ1) is 14.5. The molecular weight excluding hydrogens is 282 g/mol. The summed E-state index contributed by atoms with van der Waals surface area (Å²) in [6.45, 7) is 0.789. The molecule has 1 unspecified atom stereocenters. The second-order valence-corrected chi connectivity index (χ2v) is 5.28. The maximum Gasteiger partial charge on any atom is 0.157 e. The van der Waals surface area contributed by atoms with Crippen molar-refractivity contribution in [3.8, 4) is 23.0 Å². The van der Waals surface area contributed by atoms with Crippen LogP contribution < -0.4 is 14.8 Å². The van der Waals surface area contributed by atoms with E-state index in [9.17, 15) is 10.2 Å². The third-order valence-corrected chi connectivity index (χ3v) is 4.04. The topological polar surface area (TPSA) is 71.0 Å². The third kappa shape index (κ3) is 2.44. The molecule has 0 saturated carbocycles. The quantitative estimate of drug-likeness (QED) is 0.759. The van der Waals surface area contributed by atoms with E-state index in [1.54, 1.807) is 26.4 Å². The summed E-state index contributed by atoms with van der Waals surface area (Å²) >= 11 is 0. The summed E-state index contributed by atoms with van der Waals surface area (Å²) < 4.78 is 10.7. The number of rotatable bonds is 3. The zero-order valence-corrected chi connectivity index (χ0v) is 12.6. The van der Waals surface area contributed by atoms with Crippen LogP contribution in [0, 0.1) is 0 Å². The molecule has 1 aliphatic heterocycles. The third-order valence-electron chi connectivity index (χ3n) is 4.04. The Balaban J connectivity index is 2.09. The first-order valence-electron chi connectivity index (χ1n) is 7.14. The molecule has 0 aliphatic carbocycles. The monoisotopic (exact) mass is 301 g/mol. The van der Waals surface area contributed by atoms with E-state index in [-0.39, 0.29) is 17.5 Å². The molecule has 1 aliphatic rings. The smallest absolute Gasteiger partial charge is 0.157 e. The van der Waals surface area contributed by atoms with Gasteiger partial charge >= 0.3 is 0 Å². The number of ether oxygens (including phenoxy) is 2. The summed E-state index contributed by atoms with van der Waals surface area (Å²) in [4.78, 5) is 0. The summed E-state index contributed by atoms with van der Waals surface area (Å²) in [5, 5.41) is 22.9. The largest absolute Gasteiger partial charge is 0.504 e. The van der Waals surface area contributed by atoms with Gasteiger partial charge in [0.1, 0.15) is 11.5 Å². The fraction of sp³-hybridized carbons (Fsp3) is 0.294. The Morgan fingerprint density at radius 2 is 1.77 bits per heavy atom. The Kier molecular flexibility index (Phi) is 3.81. The number of methoxy groups -OCH3 is 2. The second-order valence-electron chi connectivity index (χ2n) is 5.28. The summed E-state index contributed by atoms with van der Waals surface area (Å²) in [6, 6.07) is 8.82. The van der Waals surface area contributed by atoms with Crippen molar-refractivity contribution < 1.29 is 19.7 Å². The predicted molar refractivity (Wildman–Crippen MR) is 82.9 cm³/mol. The zero-order valence-electron chi connectivity index (χ0n) is 12.6. The highest BCUT2D eigenvalue weighted by Crippen LogP contribution is 2.39. The predicted octanol–water partition coefficient (Wildman–Crippen LogP) is 2.35. The molecule has 5 nitrogen and oxygen atoms in total. The van der Waals surface area contributed by atoms with Gasteiger partial charge in [-0.05, 0) is 41.8 Å². The fourth-order valence-electron chi connectivity index (χ4n) is 2.92. The molecule has 22 heavy (non-hydrogen) atoms. The van der Waals surface area contributed by atoms with E-state index in [1.807, 2.05) is 18.2 Å². The van der Waals surface area contributed by atoms with Gasteiger partial charge in [-0.15, -0.1) is 0 Å². The average molecular weight is 301 g/mol. The minimum Gasteiger partial charge on any atom is -0.504 e. The number of benzene rings is 2. The van der Waals surface area contributed by atoms with Crippen LogP contribution in [0.5, 0.6) is 23.0 Å². The van der Waals surface area contributed by atoms with Crippen LogP contribution in [-0.2, 0) is 6.42 Å². The number of hydrogen-bond donors (Lipinski definition) is 3. The van der Waals surface area contributed by atoms with Crippen molar-refractivity contribution in [1.29, 1.82) is 0 Å². The molecule has 3 N–H and O–H groups in total. The molecule has 0 amide bonds. The Bertz CT molecular complexity index is 699. The molecule has 1 atom stereocenters. The summed E-state index contributed by atoms with van der Waals surface area (Å²) in [5.74, 6) is 1.25. The van der Waals surface area contributed by atoms with Gasteiger partial charge in [0.15, 0.2) is 11.5 Å². The maximum absolute atomic E-state index is 9.82. The number of aromatic hydroxyl groups is 2. The summed E-state index contributed by atoms with van der Waals surface area (Å²) in [5.41, 5.74) is 2.94. The number of fused-ring (bicyclic) bond motifs is 1. The molecule has 0 aromatic heterocycles. The summed E-state index contributed by atoms with van der Waals surface area (Å²) in [7, 11) is 3.24. The van der Waals surface area contributed by atoms with Crippen LogP contribution in [0.15, 0.2) is 30.3 Å². The van der Waals surface area contributed by atoms with Crippen molar-refractivity contribution in [3.63, 3.8) is 0 Å². The maximum atomic E-state index is 9.82. The standard InChI is InChI=1S/C17H19NO4/c1-21-11-3-4-12(16(8-11)22-2)17-13-9-15(20)14(19)7-10(13)5-6-18-17/h3-4,7-9,17-20H,5-6H2,1-2H3. The minimum atomic E-state index is -0.111. The van der Waals surface area contributed by atoms with Gasteiger partial charge in [-0.2, -0.15) is 0 Å². The molecule has 116 valence electrons. The zero-order chi connectivity index (χ0) is 15.7. The first-order chi connectivity index (χ1) is 10.6. The summed E-state index contributed by atoms with van der Waals surface area (Å²) in [6.07, 6.45) is 0.804. The van der Waals surface area contributed by atoms with Crippen LogP contribution in [0.2, 0.25) is 0 Å². The van der Waals surface area contributed by atoms with Crippen LogP contribution >= 0.6 is 0 Å². The van der Waals surface area contributed by atoms with Crippen molar-refractivity contribution in [2.75, 3.05) is 20.8 Å². The van der Waals surface area contributed by atoms with E-state index in [2.05, 4.69) is 5.32 Å². The Morgan fingerprint density at radius 1 is 1.00 bits per heavy atom. The molecule has 1 heterocycles. The second kappa shape index (κ2) is 5.77. The van der Waals surface area contributed by atoms with Gasteiger partial charge in [0.2, 0.25) is 0 Å². The Morgan fingerprint density at radius 3 is 2.50 bits per heavy atom. The van der Waals surface area contributed by atoms with Gasteiger partial charge in [0.05, 0.1) is 20.3 Å². The molecular formula is C17H19NO4. The van der Waals surface area contributed by atoms with Crippen molar-refractivity contribution >= 4 is 0 Å². The van der Waals surface area contributed by atoms with E-state index in [1.165, 1.54) is 0 Å². The van der Waals surface area contributed by atoms with E-state index >= 15 is 0 Å². The van der Waals surface area contributed by atoms with Crippen LogP contribution in [0.3, 0.4) is 0 Å². The molecule has 0 bridgehead atoms. The van der Waals surface area contributed by atoms with Gasteiger partial charge in [-0.3, -0.25) is 0 Å². The van der Waals surface area contributed by atoms with E-state index in [4.69, 9.17) is 9.47 Å². The molecule has 0 radical (unpaired) electrons. The van der Waals surface area contributed by atoms with E-state index in [0.717, 1.165) is 41.2 Å². The van der Waals surface area contributed by atoms with Crippen molar-refractivity contribution in [1.82, 2.24) is 5.32 Å². The SMILES string of the molecule is COc1ccc(C2NCCc3cc(O)c(O)cc32)c(OC)c1. The van der Waals surface area contributed by atoms with E-state index < -0.39 is 0 Å². The van der Waals surface area contributed by atoms with Crippen molar-refractivity contribution in [2.24, 2.45) is 0 Å². The normalized spacial score (nSPS) is 16.9. The molecule has 5 heteroatoms. The molecule has 3 rings (SSSR count). The molecule has 2 aromatic rings. The van der Waals surface area contributed by atoms with Crippen LogP contribution in [0.25, 0.3) is 0 Å².